The second-order valence-corrected chi connectivity index (χ2v) is 11.2. The van der Waals surface area contributed by atoms with Gasteiger partial charge in [0.05, 0.1) is 36.8 Å². The number of carbonyl (C=O) groups excluding carboxylic acids is 1. The van der Waals surface area contributed by atoms with E-state index in [1.54, 1.807) is 7.11 Å². The van der Waals surface area contributed by atoms with Crippen LogP contribution in [-0.2, 0) is 9.63 Å². The van der Waals surface area contributed by atoms with E-state index < -0.39 is 0 Å². The highest BCUT2D eigenvalue weighted by molar-refractivity contribution is 6.02. The molecule has 0 bridgehead atoms. The van der Waals surface area contributed by atoms with E-state index in [4.69, 9.17) is 14.3 Å². The van der Waals surface area contributed by atoms with Crippen molar-refractivity contribution >= 4 is 34.6 Å². The average molecular weight is 622 g/mol. The van der Waals surface area contributed by atoms with Crippen molar-refractivity contribution in [2.75, 3.05) is 67.5 Å². The lowest BCUT2D eigenvalue weighted by molar-refractivity contribution is -0.111. The molecule has 1 amide bonds. The zero-order valence-electron chi connectivity index (χ0n) is 26.2. The minimum atomic E-state index is -0.288. The molecule has 238 valence electrons. The highest BCUT2D eigenvalue weighted by Crippen LogP contribution is 2.40. The molecule has 1 aromatic heterocycles. The molecule has 2 aliphatic rings. The van der Waals surface area contributed by atoms with Crippen molar-refractivity contribution in [1.82, 2.24) is 14.9 Å². The highest BCUT2D eigenvalue weighted by Gasteiger charge is 2.30. The number of nitrogens with one attached hydrogen (secondary N) is 2. The fraction of sp³-hybridized carbons (Fsp3) is 0.286. The van der Waals surface area contributed by atoms with Gasteiger partial charge in [-0.3, -0.25) is 9.63 Å². The van der Waals surface area contributed by atoms with Crippen molar-refractivity contribution in [2.45, 2.75) is 18.9 Å². The second-order valence-electron chi connectivity index (χ2n) is 11.2. The molecule has 2 fully saturated rings. The van der Waals surface area contributed by atoms with Gasteiger partial charge in [0.15, 0.2) is 5.82 Å². The van der Waals surface area contributed by atoms with Crippen LogP contribution in [0.2, 0.25) is 0 Å². The van der Waals surface area contributed by atoms with Crippen molar-refractivity contribution in [1.29, 1.82) is 0 Å². The van der Waals surface area contributed by atoms with Crippen LogP contribution < -0.4 is 30.1 Å². The maximum Gasteiger partial charge on any atom is 0.247 e. The van der Waals surface area contributed by atoms with Crippen LogP contribution in [-0.4, -0.2) is 67.7 Å². The second kappa shape index (κ2) is 14.3. The Morgan fingerprint density at radius 2 is 1.83 bits per heavy atom. The SMILES string of the molecule is C=CC(=O)Nc1cc(Nc2cc(N3OCC[C@@H]3c3cccc(Oc4ccccc4)c3)ncn2)c(OC)cc1N1CCCN(C)CC1. The van der Waals surface area contributed by atoms with E-state index in [0.29, 0.717) is 35.4 Å². The summed E-state index contributed by atoms with van der Waals surface area (Å²) in [5.41, 5.74) is 3.25. The number of hydrogen-bond acceptors (Lipinski definition) is 10. The molecular formula is C35H39N7O4. The molecule has 3 aromatic carbocycles. The minimum Gasteiger partial charge on any atom is -0.494 e. The van der Waals surface area contributed by atoms with Crippen LogP contribution in [0.3, 0.4) is 0 Å². The number of amides is 1. The minimum absolute atomic E-state index is 0.0655. The van der Waals surface area contributed by atoms with Crippen LogP contribution in [0.1, 0.15) is 24.4 Å². The van der Waals surface area contributed by atoms with E-state index in [1.807, 2.05) is 71.8 Å². The summed E-state index contributed by atoms with van der Waals surface area (Å²) in [4.78, 5) is 32.1. The van der Waals surface area contributed by atoms with E-state index in [-0.39, 0.29) is 11.9 Å². The van der Waals surface area contributed by atoms with Gasteiger partial charge < -0.3 is 29.9 Å². The van der Waals surface area contributed by atoms with E-state index in [9.17, 15) is 4.79 Å². The van der Waals surface area contributed by atoms with E-state index in [2.05, 4.69) is 50.1 Å². The molecule has 2 aliphatic heterocycles. The smallest absolute Gasteiger partial charge is 0.247 e. The largest absolute Gasteiger partial charge is 0.494 e. The molecule has 46 heavy (non-hydrogen) atoms. The number of methoxy groups -OCH3 is 1. The third-order valence-electron chi connectivity index (χ3n) is 8.09. The van der Waals surface area contributed by atoms with Crippen molar-refractivity contribution in [3.8, 4) is 17.2 Å². The maximum atomic E-state index is 12.5. The Balaban J connectivity index is 1.25. The number of benzene rings is 3. The molecule has 0 spiro atoms. The molecule has 11 heteroatoms. The molecule has 0 aliphatic carbocycles. The van der Waals surface area contributed by atoms with Crippen LogP contribution in [0.15, 0.2) is 91.8 Å². The zero-order chi connectivity index (χ0) is 31.9. The monoisotopic (exact) mass is 621 g/mol. The number of para-hydroxylation sites is 1. The Kier molecular flexibility index (Phi) is 9.61. The fourth-order valence-electron chi connectivity index (χ4n) is 5.75. The summed E-state index contributed by atoms with van der Waals surface area (Å²) >= 11 is 0. The number of rotatable bonds is 10. The van der Waals surface area contributed by atoms with Crippen molar-refractivity contribution < 1.29 is 19.1 Å². The predicted octanol–water partition coefficient (Wildman–Crippen LogP) is 6.17. The number of anilines is 5. The summed E-state index contributed by atoms with van der Waals surface area (Å²) in [5, 5.41) is 8.19. The van der Waals surface area contributed by atoms with Gasteiger partial charge >= 0.3 is 0 Å². The van der Waals surface area contributed by atoms with Crippen LogP contribution in [0.4, 0.5) is 28.7 Å². The molecule has 2 N–H and O–H groups in total. The Morgan fingerprint density at radius 3 is 2.65 bits per heavy atom. The van der Waals surface area contributed by atoms with Gasteiger partial charge in [-0.1, -0.05) is 36.9 Å². The van der Waals surface area contributed by atoms with Crippen LogP contribution in [0.25, 0.3) is 0 Å². The number of carbonyl (C=O) groups is 1. The first-order chi connectivity index (χ1) is 22.5. The van der Waals surface area contributed by atoms with Crippen LogP contribution in [0, 0.1) is 0 Å². The quantitative estimate of drug-likeness (QED) is 0.200. The van der Waals surface area contributed by atoms with Gasteiger partial charge in [0.2, 0.25) is 5.91 Å². The third kappa shape index (κ3) is 7.22. The zero-order valence-corrected chi connectivity index (χ0v) is 26.2. The lowest BCUT2D eigenvalue weighted by atomic mass is 10.0. The predicted molar refractivity (Wildman–Crippen MR) is 180 cm³/mol. The molecule has 0 radical (unpaired) electrons. The molecule has 1 atom stereocenters. The number of aromatic nitrogens is 2. The first-order valence-corrected chi connectivity index (χ1v) is 15.4. The lowest BCUT2D eigenvalue weighted by Crippen LogP contribution is -2.29. The summed E-state index contributed by atoms with van der Waals surface area (Å²) in [5.74, 6) is 3.02. The summed E-state index contributed by atoms with van der Waals surface area (Å²) in [6.45, 7) is 7.82. The Hall–Kier alpha value is -5.13. The van der Waals surface area contributed by atoms with Crippen molar-refractivity contribution in [2.24, 2.45) is 0 Å². The highest BCUT2D eigenvalue weighted by atomic mass is 16.7. The number of hydrogen-bond donors (Lipinski definition) is 2. The first-order valence-electron chi connectivity index (χ1n) is 15.4. The summed E-state index contributed by atoms with van der Waals surface area (Å²) in [6.07, 6.45) is 4.57. The first kappa shape index (κ1) is 30.9. The maximum absolute atomic E-state index is 12.5. The number of likely N-dealkylation sites (N-methyl/N-ethyl adjacent to an activating group) is 1. The van der Waals surface area contributed by atoms with Crippen molar-refractivity contribution in [3.05, 3.63) is 97.3 Å². The van der Waals surface area contributed by atoms with E-state index >= 15 is 0 Å². The normalized spacial score (nSPS) is 16.9. The lowest BCUT2D eigenvalue weighted by Gasteiger charge is -2.27. The third-order valence-corrected chi connectivity index (χ3v) is 8.09. The molecule has 6 rings (SSSR count). The fourth-order valence-corrected chi connectivity index (χ4v) is 5.75. The summed E-state index contributed by atoms with van der Waals surface area (Å²) in [7, 11) is 3.76. The Morgan fingerprint density at radius 1 is 0.978 bits per heavy atom. The van der Waals surface area contributed by atoms with E-state index in [1.165, 1.54) is 12.4 Å². The van der Waals surface area contributed by atoms with Gasteiger partial charge in [0.1, 0.15) is 29.4 Å². The van der Waals surface area contributed by atoms with Gasteiger partial charge in [-0.15, -0.1) is 0 Å². The standard InChI is InChI=1S/C35H39N7O4/c1-4-35(43)39-28-21-29(32(44-3)22-31(28)41-16-9-15-40(2)17-18-41)38-33-23-34(37-24-36-33)42-30(14-19-45-42)25-10-8-13-27(20-25)46-26-11-6-5-7-12-26/h4-8,10-13,20-24,30H,1,9,14-19H2,2-3H3,(H,39,43)(H,36,37,38)/t30-/m1/s1. The van der Waals surface area contributed by atoms with Crippen LogP contribution in [0.5, 0.6) is 17.2 Å². The molecular weight excluding hydrogens is 582 g/mol. The van der Waals surface area contributed by atoms with E-state index in [0.717, 1.165) is 61.8 Å². The van der Waals surface area contributed by atoms with Gasteiger partial charge in [-0.2, -0.15) is 0 Å². The summed E-state index contributed by atoms with van der Waals surface area (Å²) in [6, 6.07) is 23.4. The Labute approximate surface area is 269 Å². The molecule has 3 heterocycles. The topological polar surface area (TPSA) is 104 Å². The van der Waals surface area contributed by atoms with Crippen molar-refractivity contribution in [3.63, 3.8) is 0 Å². The molecule has 11 nitrogen and oxygen atoms in total. The molecule has 0 saturated carbocycles. The average Bonchev–Trinajstić information content (AvgIpc) is 3.48. The number of ether oxygens (including phenoxy) is 2. The summed E-state index contributed by atoms with van der Waals surface area (Å²) < 4.78 is 11.9. The molecule has 0 unspecified atom stereocenters. The number of hydroxylamine groups is 1. The van der Waals surface area contributed by atoms with Crippen LogP contribution >= 0.6 is 0 Å². The van der Waals surface area contributed by atoms with Gasteiger partial charge in [-0.25, -0.2) is 15.0 Å². The molecule has 4 aromatic rings. The Bertz CT molecular complexity index is 1670. The van der Waals surface area contributed by atoms with Gasteiger partial charge in [0.25, 0.3) is 0 Å². The molecule has 2 saturated heterocycles. The van der Waals surface area contributed by atoms with Gasteiger partial charge in [-0.05, 0) is 62.0 Å². The number of nitrogens with zero attached hydrogens (tertiary/aromatic N) is 5. The van der Waals surface area contributed by atoms with Gasteiger partial charge in [0, 0.05) is 38.2 Å².